The van der Waals surface area contributed by atoms with E-state index in [1.807, 2.05) is 31.2 Å². The van der Waals surface area contributed by atoms with E-state index in [0.29, 0.717) is 12.8 Å². The first-order valence-electron chi connectivity index (χ1n) is 10.6. The molecule has 0 spiro atoms. The normalized spacial score (nSPS) is 15.1. The number of nitrogens with one attached hydrogen (secondary N) is 1. The number of nitrogens with zero attached hydrogens (tertiary/aromatic N) is 4. The van der Waals surface area contributed by atoms with E-state index in [4.69, 9.17) is 4.74 Å². The second kappa shape index (κ2) is 9.38. The number of hydrogen-bond acceptors (Lipinski definition) is 5. The van der Waals surface area contributed by atoms with E-state index >= 15 is 0 Å². The Bertz CT molecular complexity index is 1200. The summed E-state index contributed by atoms with van der Waals surface area (Å²) in [6, 6.07) is 9.87. The van der Waals surface area contributed by atoms with Gasteiger partial charge in [-0.2, -0.15) is 5.10 Å². The monoisotopic (exact) mass is 437 g/mol. The first-order valence-corrected chi connectivity index (χ1v) is 10.6. The quantitative estimate of drug-likeness (QED) is 0.426. The molecule has 1 aromatic carbocycles. The van der Waals surface area contributed by atoms with Crippen LogP contribution in [0.5, 0.6) is 5.75 Å². The van der Waals surface area contributed by atoms with Gasteiger partial charge in [0, 0.05) is 41.9 Å². The van der Waals surface area contributed by atoms with Crippen LogP contribution in [0.2, 0.25) is 0 Å². The minimum atomic E-state index is -2.32. The summed E-state index contributed by atoms with van der Waals surface area (Å²) < 4.78 is 29.8. The van der Waals surface area contributed by atoms with E-state index in [0.717, 1.165) is 51.3 Å². The average molecular weight is 437 g/mol. The van der Waals surface area contributed by atoms with Gasteiger partial charge in [-0.3, -0.25) is 10.1 Å². The fourth-order valence-corrected chi connectivity index (χ4v) is 3.81. The largest absolute Gasteiger partial charge is 0.496 e. The Labute approximate surface area is 185 Å². The number of hydrogen-bond donors (Lipinski definition) is 1. The molecular weight excluding hydrogens is 412 g/mol. The zero-order valence-corrected chi connectivity index (χ0v) is 18.1. The zero-order valence-electron chi connectivity index (χ0n) is 18.1. The summed E-state index contributed by atoms with van der Waals surface area (Å²) in [4.78, 5) is 12.7. The highest BCUT2D eigenvalue weighted by Gasteiger charge is 2.30. The van der Waals surface area contributed by atoms with Crippen LogP contribution in [0, 0.1) is 6.92 Å². The number of pyridine rings is 1. The Hall–Kier alpha value is -3.42. The van der Waals surface area contributed by atoms with Crippen LogP contribution in [0.15, 0.2) is 49.1 Å². The molecule has 0 unspecified atom stereocenters. The highest BCUT2D eigenvalue weighted by atomic mass is 19.3. The predicted octanol–water partition coefficient (Wildman–Crippen LogP) is 5.98. The third-order valence-electron chi connectivity index (χ3n) is 5.51. The molecule has 5 rings (SSSR count). The number of aromatic amines is 1. The van der Waals surface area contributed by atoms with Crippen LogP contribution >= 0.6 is 0 Å². The van der Waals surface area contributed by atoms with Gasteiger partial charge in [-0.1, -0.05) is 12.5 Å². The Kier molecular flexibility index (Phi) is 6.39. The molecule has 0 saturated heterocycles. The van der Waals surface area contributed by atoms with Gasteiger partial charge in [0.2, 0.25) is 5.92 Å². The summed E-state index contributed by atoms with van der Waals surface area (Å²) in [5.74, 6) is -1.54. The molecule has 0 aliphatic heterocycles. The lowest BCUT2D eigenvalue weighted by atomic mass is 9.97. The Balaban J connectivity index is 0.000000260. The van der Waals surface area contributed by atoms with Crippen molar-refractivity contribution in [2.75, 3.05) is 7.11 Å². The third-order valence-corrected chi connectivity index (χ3v) is 5.51. The minimum Gasteiger partial charge on any atom is -0.496 e. The molecule has 3 aromatic heterocycles. The molecule has 3 heterocycles. The lowest BCUT2D eigenvalue weighted by Crippen LogP contribution is -2.18. The Morgan fingerprint density at radius 2 is 1.84 bits per heavy atom. The van der Waals surface area contributed by atoms with Gasteiger partial charge in [-0.05, 0) is 49.6 Å². The lowest BCUT2D eigenvalue weighted by Gasteiger charge is -2.20. The van der Waals surface area contributed by atoms with E-state index in [2.05, 4.69) is 31.2 Å². The van der Waals surface area contributed by atoms with Crippen LogP contribution in [0.4, 0.5) is 8.78 Å². The van der Waals surface area contributed by atoms with E-state index < -0.39 is 5.92 Å². The van der Waals surface area contributed by atoms with Crippen molar-refractivity contribution in [2.45, 2.75) is 45.0 Å². The predicted molar refractivity (Wildman–Crippen MR) is 120 cm³/mol. The molecule has 4 aromatic rings. The maximum Gasteiger partial charge on any atom is 0.248 e. The number of fused-ring (bicyclic) bond motifs is 1. The molecule has 0 bridgehead atoms. The zero-order chi connectivity index (χ0) is 22.6. The molecule has 0 radical (unpaired) electrons. The van der Waals surface area contributed by atoms with Gasteiger partial charge in [0.05, 0.1) is 18.3 Å². The summed E-state index contributed by atoms with van der Waals surface area (Å²) in [7, 11) is 1.66. The van der Waals surface area contributed by atoms with Crippen LogP contribution in [0.3, 0.4) is 0 Å². The highest BCUT2D eigenvalue weighted by molar-refractivity contribution is 5.95. The number of methoxy groups -OCH3 is 1. The van der Waals surface area contributed by atoms with Crippen LogP contribution in [0.1, 0.15) is 37.8 Å². The van der Waals surface area contributed by atoms with E-state index in [1.54, 1.807) is 25.8 Å². The maximum absolute atomic E-state index is 12.2. The van der Waals surface area contributed by atoms with Crippen LogP contribution < -0.4 is 4.74 Å². The van der Waals surface area contributed by atoms with Gasteiger partial charge in [-0.25, -0.2) is 18.7 Å². The van der Waals surface area contributed by atoms with Crippen molar-refractivity contribution in [3.8, 4) is 28.3 Å². The van der Waals surface area contributed by atoms with Gasteiger partial charge in [0.1, 0.15) is 17.8 Å². The van der Waals surface area contributed by atoms with Crippen molar-refractivity contribution in [1.29, 1.82) is 0 Å². The minimum absolute atomic E-state index is 0.118. The molecule has 1 aliphatic carbocycles. The van der Waals surface area contributed by atoms with Crippen LogP contribution in [-0.2, 0) is 0 Å². The standard InChI is InChI=1S/C18H15N5O.C6H10F2/c1-11-7-16(21-10-20-11)18-13-8-12(3-4-15(13)22-23-18)14-9-19-6-5-17(14)24-2;7-6(8)4-2-1-3-5-6/h3-10H,1-2H3,(H,22,23);1-5H2. The SMILES string of the molecule is COc1ccncc1-c1ccc2[nH]nc(-c3cc(C)ncn3)c2c1.FC1(F)CCCCC1. The van der Waals surface area contributed by atoms with Crippen LogP contribution in [0.25, 0.3) is 33.4 Å². The molecule has 0 amide bonds. The first kappa shape index (κ1) is 21.8. The number of halogens is 2. The summed E-state index contributed by atoms with van der Waals surface area (Å²) in [5.41, 5.74) is 5.41. The topological polar surface area (TPSA) is 76.6 Å². The van der Waals surface area contributed by atoms with Gasteiger partial charge in [-0.15, -0.1) is 0 Å². The Morgan fingerprint density at radius 3 is 2.53 bits per heavy atom. The summed E-state index contributed by atoms with van der Waals surface area (Å²) in [6.45, 7) is 1.94. The maximum atomic E-state index is 12.2. The van der Waals surface area contributed by atoms with Crippen molar-refractivity contribution in [3.63, 3.8) is 0 Å². The van der Waals surface area contributed by atoms with Gasteiger partial charge < -0.3 is 4.74 Å². The lowest BCUT2D eigenvalue weighted by molar-refractivity contribution is -0.0337. The number of aromatic nitrogens is 5. The number of ether oxygens (including phenoxy) is 1. The van der Waals surface area contributed by atoms with Crippen molar-refractivity contribution in [2.24, 2.45) is 0 Å². The van der Waals surface area contributed by atoms with E-state index in [1.165, 1.54) is 0 Å². The number of H-pyrrole nitrogens is 1. The molecule has 1 aliphatic rings. The fourth-order valence-electron chi connectivity index (χ4n) is 3.81. The van der Waals surface area contributed by atoms with Gasteiger partial charge in [0.25, 0.3) is 0 Å². The van der Waals surface area contributed by atoms with Crippen molar-refractivity contribution in [3.05, 3.63) is 54.7 Å². The Morgan fingerprint density at radius 1 is 1.03 bits per heavy atom. The number of benzene rings is 1. The molecule has 0 atom stereocenters. The smallest absolute Gasteiger partial charge is 0.248 e. The van der Waals surface area contributed by atoms with Crippen LogP contribution in [-0.4, -0.2) is 38.2 Å². The molecule has 1 saturated carbocycles. The first-order chi connectivity index (χ1) is 15.5. The van der Waals surface area contributed by atoms with Gasteiger partial charge >= 0.3 is 0 Å². The second-order valence-corrected chi connectivity index (χ2v) is 7.87. The molecular formula is C24H25F2N5O. The van der Waals surface area contributed by atoms with Gasteiger partial charge in [0.15, 0.2) is 0 Å². The van der Waals surface area contributed by atoms with Crippen molar-refractivity contribution in [1.82, 2.24) is 25.1 Å². The van der Waals surface area contributed by atoms with E-state index in [-0.39, 0.29) is 12.8 Å². The number of aryl methyl sites for hydroxylation is 1. The van der Waals surface area contributed by atoms with Crippen molar-refractivity contribution < 1.29 is 13.5 Å². The summed E-state index contributed by atoms with van der Waals surface area (Å²) in [5, 5.41) is 8.47. The van der Waals surface area contributed by atoms with Crippen molar-refractivity contribution >= 4 is 10.9 Å². The van der Waals surface area contributed by atoms with E-state index in [9.17, 15) is 8.78 Å². The summed E-state index contributed by atoms with van der Waals surface area (Å²) in [6.07, 6.45) is 7.73. The summed E-state index contributed by atoms with van der Waals surface area (Å²) >= 11 is 0. The number of alkyl halides is 2. The molecule has 1 N–H and O–H groups in total. The average Bonchev–Trinajstić information content (AvgIpc) is 3.22. The molecule has 6 nitrogen and oxygen atoms in total. The molecule has 166 valence electrons. The molecule has 1 fully saturated rings. The fraction of sp³-hybridized carbons (Fsp3) is 0.333. The third kappa shape index (κ3) is 4.90. The second-order valence-electron chi connectivity index (χ2n) is 7.87. The molecule has 8 heteroatoms. The molecule has 32 heavy (non-hydrogen) atoms. The number of rotatable bonds is 3. The highest BCUT2D eigenvalue weighted by Crippen LogP contribution is 2.34.